The third kappa shape index (κ3) is 3.66. The molecule has 0 amide bonds. The third-order valence-electron chi connectivity index (χ3n) is 0.327. The molecular formula is C4H7O2. The van der Waals surface area contributed by atoms with Crippen molar-refractivity contribution in [2.45, 2.75) is 0 Å². The van der Waals surface area contributed by atoms with Crippen LogP contribution in [0, 0.1) is 6.08 Å². The second kappa shape index (κ2) is 4.66. The second-order valence-corrected chi connectivity index (χ2v) is 0.749. The Morgan fingerprint density at radius 3 is 2.33 bits per heavy atom. The molecule has 0 aliphatic carbocycles. The second-order valence-electron chi connectivity index (χ2n) is 0.749. The smallest absolute Gasteiger partial charge is 0.0683 e. The molecule has 1 radical (unpaired) electrons. The van der Waals surface area contributed by atoms with Gasteiger partial charge < -0.3 is 10.2 Å². The molecule has 0 aromatic heterocycles. The lowest BCUT2D eigenvalue weighted by molar-refractivity contribution is 0.324. The molecule has 0 aliphatic rings. The molecule has 0 unspecified atom stereocenters. The Morgan fingerprint density at radius 2 is 2.17 bits per heavy atom. The molecule has 2 heteroatoms. The minimum atomic E-state index is -0.111. The summed E-state index contributed by atoms with van der Waals surface area (Å²) in [5, 5.41) is 15.9. The van der Waals surface area contributed by atoms with Gasteiger partial charge in [-0.05, 0) is 6.08 Å². The van der Waals surface area contributed by atoms with E-state index in [0.717, 1.165) is 0 Å². The molecule has 0 atom stereocenters. The Balaban J connectivity index is 2.73. The zero-order valence-electron chi connectivity index (χ0n) is 3.39. The average molecular weight is 87.1 g/mol. The highest BCUT2D eigenvalue weighted by Crippen LogP contribution is 1.61. The van der Waals surface area contributed by atoms with E-state index in [9.17, 15) is 0 Å². The molecule has 6 heavy (non-hydrogen) atoms. The number of aliphatic hydroxyl groups excluding tert-OH is 2. The van der Waals surface area contributed by atoms with Crippen molar-refractivity contribution in [3.05, 3.63) is 12.2 Å². The van der Waals surface area contributed by atoms with Crippen LogP contribution in [0.1, 0.15) is 0 Å². The molecule has 0 rings (SSSR count). The molecule has 2 N–H and O–H groups in total. The summed E-state index contributed by atoms with van der Waals surface area (Å²) in [5.74, 6) is 0. The maximum Gasteiger partial charge on any atom is 0.0683 e. The summed E-state index contributed by atoms with van der Waals surface area (Å²) in [6.45, 7) is -0.152. The summed E-state index contributed by atoms with van der Waals surface area (Å²) < 4.78 is 0. The van der Waals surface area contributed by atoms with Crippen LogP contribution in [0.4, 0.5) is 0 Å². The van der Waals surface area contributed by atoms with Gasteiger partial charge in [-0.1, -0.05) is 6.08 Å². The zero-order chi connectivity index (χ0) is 4.83. The molecule has 0 heterocycles. The Hall–Kier alpha value is -0.340. The van der Waals surface area contributed by atoms with Crippen LogP contribution in [0.25, 0.3) is 0 Å². The van der Waals surface area contributed by atoms with Gasteiger partial charge in [-0.25, -0.2) is 0 Å². The van der Waals surface area contributed by atoms with E-state index >= 15 is 0 Å². The van der Waals surface area contributed by atoms with E-state index in [2.05, 4.69) is 6.08 Å². The van der Waals surface area contributed by atoms with E-state index in [1.54, 1.807) is 0 Å². The topological polar surface area (TPSA) is 40.5 Å². The molecule has 2 nitrogen and oxygen atoms in total. The highest BCUT2D eigenvalue weighted by Gasteiger charge is 1.62. The largest absolute Gasteiger partial charge is 0.392 e. The number of hydrogen-bond donors (Lipinski definition) is 2. The summed E-state index contributed by atoms with van der Waals surface area (Å²) >= 11 is 0. The van der Waals surface area contributed by atoms with Gasteiger partial charge in [0.15, 0.2) is 0 Å². The maximum atomic E-state index is 7.97. The first kappa shape index (κ1) is 5.66. The summed E-state index contributed by atoms with van der Waals surface area (Å²) in [5.41, 5.74) is 0. The Labute approximate surface area is 36.7 Å². The predicted molar refractivity (Wildman–Crippen MR) is 22.0 cm³/mol. The predicted octanol–water partition coefficient (Wildman–Crippen LogP) is -0.670. The summed E-state index contributed by atoms with van der Waals surface area (Å²) in [4.78, 5) is 0. The van der Waals surface area contributed by atoms with Crippen LogP contribution in [0.2, 0.25) is 0 Å². The lowest BCUT2D eigenvalue weighted by atomic mass is 10.5. The number of hydrogen-bond acceptors (Lipinski definition) is 2. The van der Waals surface area contributed by atoms with Crippen molar-refractivity contribution in [2.24, 2.45) is 0 Å². The minimum Gasteiger partial charge on any atom is -0.392 e. The number of rotatable bonds is 2. The molecule has 0 saturated carbocycles. The van der Waals surface area contributed by atoms with Gasteiger partial charge in [0.1, 0.15) is 0 Å². The third-order valence-corrected chi connectivity index (χ3v) is 0.327. The summed E-state index contributed by atoms with van der Waals surface area (Å²) in [6.07, 6.45) is 3.74. The van der Waals surface area contributed by atoms with Crippen LogP contribution in [-0.2, 0) is 0 Å². The molecule has 0 spiro atoms. The van der Waals surface area contributed by atoms with Gasteiger partial charge in [-0.2, -0.15) is 0 Å². The van der Waals surface area contributed by atoms with Crippen molar-refractivity contribution in [1.29, 1.82) is 0 Å². The molecule has 0 fully saturated rings. The van der Waals surface area contributed by atoms with Gasteiger partial charge in [-0.3, -0.25) is 0 Å². The average Bonchev–Trinajstić information content (AvgIpc) is 1.61. The fourth-order valence-corrected chi connectivity index (χ4v) is 0.129. The molecule has 0 aliphatic heterocycles. The normalized spacial score (nSPS) is 10.3. The highest BCUT2D eigenvalue weighted by atomic mass is 16.3. The Morgan fingerprint density at radius 1 is 1.50 bits per heavy atom. The van der Waals surface area contributed by atoms with Gasteiger partial charge in [0.05, 0.1) is 13.2 Å². The van der Waals surface area contributed by atoms with E-state index in [1.165, 1.54) is 6.08 Å². The molecule has 0 aromatic rings. The molecule has 35 valence electrons. The SMILES string of the molecule is OC/[C]=C\CO. The minimum absolute atomic E-state index is 0.0411. The van der Waals surface area contributed by atoms with Crippen molar-refractivity contribution in [2.75, 3.05) is 13.2 Å². The van der Waals surface area contributed by atoms with Gasteiger partial charge in [-0.15, -0.1) is 0 Å². The van der Waals surface area contributed by atoms with Crippen molar-refractivity contribution in [3.8, 4) is 0 Å². The molecule has 0 aromatic carbocycles. The van der Waals surface area contributed by atoms with Gasteiger partial charge in [0, 0.05) is 0 Å². The van der Waals surface area contributed by atoms with Crippen molar-refractivity contribution in [3.63, 3.8) is 0 Å². The lowest BCUT2D eigenvalue weighted by Gasteiger charge is -1.72. The van der Waals surface area contributed by atoms with E-state index in [1.807, 2.05) is 0 Å². The summed E-state index contributed by atoms with van der Waals surface area (Å²) in [6, 6.07) is 0. The van der Waals surface area contributed by atoms with Crippen LogP contribution in [0.15, 0.2) is 6.08 Å². The monoisotopic (exact) mass is 87.0 g/mol. The van der Waals surface area contributed by atoms with E-state index in [4.69, 9.17) is 10.2 Å². The summed E-state index contributed by atoms with van der Waals surface area (Å²) in [7, 11) is 0. The first-order chi connectivity index (χ1) is 2.91. The first-order valence-electron chi connectivity index (χ1n) is 1.68. The van der Waals surface area contributed by atoms with Crippen molar-refractivity contribution >= 4 is 0 Å². The molecule has 0 saturated heterocycles. The lowest BCUT2D eigenvalue weighted by Crippen LogP contribution is -1.75. The highest BCUT2D eigenvalue weighted by molar-refractivity contribution is 4.69. The first-order valence-corrected chi connectivity index (χ1v) is 1.68. The van der Waals surface area contributed by atoms with Gasteiger partial charge >= 0.3 is 0 Å². The molecular weight excluding hydrogens is 80.0 g/mol. The van der Waals surface area contributed by atoms with E-state index in [0.29, 0.717) is 0 Å². The van der Waals surface area contributed by atoms with Crippen LogP contribution in [-0.4, -0.2) is 23.4 Å². The maximum absolute atomic E-state index is 7.97. The van der Waals surface area contributed by atoms with Gasteiger partial charge in [0.25, 0.3) is 0 Å². The van der Waals surface area contributed by atoms with Crippen LogP contribution >= 0.6 is 0 Å². The van der Waals surface area contributed by atoms with E-state index < -0.39 is 0 Å². The van der Waals surface area contributed by atoms with Crippen LogP contribution in [0.5, 0.6) is 0 Å². The number of aliphatic hydroxyl groups is 2. The van der Waals surface area contributed by atoms with Gasteiger partial charge in [0.2, 0.25) is 0 Å². The Kier molecular flexibility index (Phi) is 4.40. The fourth-order valence-electron chi connectivity index (χ4n) is 0.129. The van der Waals surface area contributed by atoms with Crippen molar-refractivity contribution < 1.29 is 10.2 Å². The van der Waals surface area contributed by atoms with E-state index in [-0.39, 0.29) is 13.2 Å². The van der Waals surface area contributed by atoms with Crippen LogP contribution in [0.3, 0.4) is 0 Å². The van der Waals surface area contributed by atoms with Crippen molar-refractivity contribution in [1.82, 2.24) is 0 Å². The fraction of sp³-hybridized carbons (Fsp3) is 0.500. The standard InChI is InChI=1S/C4H7O2/c5-3-1-2-4-6/h1,5-6H,3-4H2. The Bertz CT molecular complexity index is 34.8. The zero-order valence-corrected chi connectivity index (χ0v) is 3.39. The van der Waals surface area contributed by atoms with Crippen LogP contribution < -0.4 is 0 Å². The quantitative estimate of drug-likeness (QED) is 0.469. The molecule has 0 bridgehead atoms.